The van der Waals surface area contributed by atoms with Gasteiger partial charge in [-0.05, 0) is 19.1 Å². The normalized spacial score (nSPS) is 10.9. The van der Waals surface area contributed by atoms with Gasteiger partial charge in [0.25, 0.3) is 5.69 Å². The molecule has 0 spiro atoms. The molecule has 0 N–H and O–H groups in total. The number of ketones is 1. The smallest absolute Gasteiger partial charge is 0.270 e. The van der Waals surface area contributed by atoms with Crippen molar-refractivity contribution in [2.24, 2.45) is 0 Å². The molecule has 0 saturated carbocycles. The number of aromatic nitrogens is 2. The van der Waals surface area contributed by atoms with Crippen molar-refractivity contribution in [1.82, 2.24) is 9.55 Å². The third kappa shape index (κ3) is 3.16. The van der Waals surface area contributed by atoms with E-state index in [9.17, 15) is 14.9 Å². The summed E-state index contributed by atoms with van der Waals surface area (Å²) in [5.74, 6) is 0.0308. The zero-order chi connectivity index (χ0) is 17.1. The molecular weight excluding hydrogens is 326 g/mol. The van der Waals surface area contributed by atoms with Crippen molar-refractivity contribution in [2.45, 2.75) is 18.6 Å². The summed E-state index contributed by atoms with van der Waals surface area (Å²) in [6, 6.07) is 13.6. The van der Waals surface area contributed by atoms with E-state index in [4.69, 9.17) is 0 Å². The molecule has 7 heteroatoms. The van der Waals surface area contributed by atoms with E-state index in [2.05, 4.69) is 9.55 Å². The number of fused-ring (bicyclic) bond motifs is 1. The van der Waals surface area contributed by atoms with Crippen LogP contribution in [0.3, 0.4) is 0 Å². The van der Waals surface area contributed by atoms with Crippen LogP contribution in [0.4, 0.5) is 5.69 Å². The van der Waals surface area contributed by atoms with Gasteiger partial charge in [0.2, 0.25) is 0 Å². The Bertz CT molecular complexity index is 920. The van der Waals surface area contributed by atoms with E-state index in [-0.39, 0.29) is 17.2 Å². The van der Waals surface area contributed by atoms with Crippen LogP contribution in [0.2, 0.25) is 0 Å². The number of hydrogen-bond acceptors (Lipinski definition) is 5. The zero-order valence-corrected chi connectivity index (χ0v) is 13.8. The molecule has 1 aromatic heterocycles. The summed E-state index contributed by atoms with van der Waals surface area (Å²) >= 11 is 1.35. The van der Waals surface area contributed by atoms with Crippen LogP contribution in [-0.2, 0) is 6.54 Å². The maximum Gasteiger partial charge on any atom is 0.270 e. The van der Waals surface area contributed by atoms with Gasteiger partial charge in [-0.1, -0.05) is 36.0 Å². The van der Waals surface area contributed by atoms with Crippen molar-refractivity contribution in [2.75, 3.05) is 5.75 Å². The highest BCUT2D eigenvalue weighted by atomic mass is 32.2. The molecule has 0 atom stereocenters. The average molecular weight is 341 g/mol. The lowest BCUT2D eigenvalue weighted by Gasteiger charge is -2.05. The van der Waals surface area contributed by atoms with Crippen LogP contribution in [0, 0.1) is 10.1 Å². The molecule has 3 rings (SSSR count). The SMILES string of the molecule is CCn1c(SCC(=O)c2cccc([N+](=O)[O-])c2)nc2ccccc21. The summed E-state index contributed by atoms with van der Waals surface area (Å²) in [5.41, 5.74) is 2.19. The third-order valence-electron chi connectivity index (χ3n) is 3.65. The number of carbonyl (C=O) groups is 1. The fraction of sp³-hybridized carbons (Fsp3) is 0.176. The molecule has 0 fully saturated rings. The highest BCUT2D eigenvalue weighted by Crippen LogP contribution is 2.25. The van der Waals surface area contributed by atoms with Crippen LogP contribution >= 0.6 is 11.8 Å². The van der Waals surface area contributed by atoms with E-state index in [1.165, 1.54) is 30.0 Å². The van der Waals surface area contributed by atoms with Crippen molar-refractivity contribution in [3.63, 3.8) is 0 Å². The van der Waals surface area contributed by atoms with Gasteiger partial charge in [0, 0.05) is 24.2 Å². The molecule has 0 bridgehead atoms. The minimum atomic E-state index is -0.500. The first kappa shape index (κ1) is 16.2. The number of nitrogens with zero attached hydrogens (tertiary/aromatic N) is 3. The molecule has 0 aliphatic carbocycles. The Balaban J connectivity index is 1.79. The van der Waals surface area contributed by atoms with Gasteiger partial charge in [-0.2, -0.15) is 0 Å². The van der Waals surface area contributed by atoms with Crippen LogP contribution in [0.1, 0.15) is 17.3 Å². The number of thioether (sulfide) groups is 1. The number of rotatable bonds is 6. The summed E-state index contributed by atoms with van der Waals surface area (Å²) < 4.78 is 2.06. The zero-order valence-electron chi connectivity index (χ0n) is 13.0. The number of imidazole rings is 1. The molecule has 6 nitrogen and oxygen atoms in total. The van der Waals surface area contributed by atoms with E-state index < -0.39 is 4.92 Å². The fourth-order valence-corrected chi connectivity index (χ4v) is 3.45. The molecule has 24 heavy (non-hydrogen) atoms. The monoisotopic (exact) mass is 341 g/mol. The van der Waals surface area contributed by atoms with E-state index in [0.29, 0.717) is 5.56 Å². The second-order valence-electron chi connectivity index (χ2n) is 5.15. The Morgan fingerprint density at radius 3 is 2.79 bits per heavy atom. The second kappa shape index (κ2) is 6.84. The Kier molecular flexibility index (Phi) is 4.61. The molecule has 0 aliphatic heterocycles. The van der Waals surface area contributed by atoms with E-state index >= 15 is 0 Å². The molecule has 1 heterocycles. The molecular formula is C17H15N3O3S. The number of non-ortho nitro benzene ring substituents is 1. The number of carbonyl (C=O) groups excluding carboxylic acids is 1. The number of Topliss-reactive ketones (excluding diaryl/α,β-unsaturated/α-hetero) is 1. The highest BCUT2D eigenvalue weighted by molar-refractivity contribution is 7.99. The molecule has 0 radical (unpaired) electrons. The quantitative estimate of drug-likeness (QED) is 0.294. The van der Waals surface area contributed by atoms with Crippen LogP contribution in [0.15, 0.2) is 53.7 Å². The number of para-hydroxylation sites is 2. The standard InChI is InChI=1S/C17H15N3O3S/c1-2-19-15-9-4-3-8-14(15)18-17(19)24-11-16(21)12-6-5-7-13(10-12)20(22)23/h3-10H,2,11H2,1H3. The summed E-state index contributed by atoms with van der Waals surface area (Å²) in [7, 11) is 0. The fourth-order valence-electron chi connectivity index (χ4n) is 2.48. The number of aryl methyl sites for hydroxylation is 1. The first-order chi connectivity index (χ1) is 11.6. The predicted molar refractivity (Wildman–Crippen MR) is 93.6 cm³/mol. The lowest BCUT2D eigenvalue weighted by Crippen LogP contribution is -2.05. The topological polar surface area (TPSA) is 78.0 Å². The molecule has 0 saturated heterocycles. The highest BCUT2D eigenvalue weighted by Gasteiger charge is 2.15. The number of nitro benzene ring substituents is 1. The van der Waals surface area contributed by atoms with Crippen LogP contribution in [0.5, 0.6) is 0 Å². The van der Waals surface area contributed by atoms with Crippen molar-refractivity contribution < 1.29 is 9.72 Å². The van der Waals surface area contributed by atoms with Gasteiger partial charge < -0.3 is 4.57 Å². The third-order valence-corrected chi connectivity index (χ3v) is 4.62. The minimum Gasteiger partial charge on any atom is -0.319 e. The summed E-state index contributed by atoms with van der Waals surface area (Å²) in [4.78, 5) is 27.2. The van der Waals surface area contributed by atoms with E-state index in [0.717, 1.165) is 22.7 Å². The van der Waals surface area contributed by atoms with Gasteiger partial charge in [-0.15, -0.1) is 0 Å². The van der Waals surface area contributed by atoms with Crippen molar-refractivity contribution in [1.29, 1.82) is 0 Å². The van der Waals surface area contributed by atoms with Gasteiger partial charge >= 0.3 is 0 Å². The van der Waals surface area contributed by atoms with Gasteiger partial charge in [-0.3, -0.25) is 14.9 Å². The Hall–Kier alpha value is -2.67. The lowest BCUT2D eigenvalue weighted by molar-refractivity contribution is -0.384. The van der Waals surface area contributed by atoms with Crippen LogP contribution < -0.4 is 0 Å². The first-order valence-electron chi connectivity index (χ1n) is 7.46. The second-order valence-corrected chi connectivity index (χ2v) is 6.09. The number of hydrogen-bond donors (Lipinski definition) is 0. The minimum absolute atomic E-state index is 0.0772. The van der Waals surface area contributed by atoms with E-state index in [1.807, 2.05) is 31.2 Å². The van der Waals surface area contributed by atoms with Gasteiger partial charge in [0.15, 0.2) is 10.9 Å². The van der Waals surface area contributed by atoms with E-state index in [1.54, 1.807) is 6.07 Å². The number of benzene rings is 2. The summed E-state index contributed by atoms with van der Waals surface area (Å²) in [6.45, 7) is 2.79. The predicted octanol–water partition coefficient (Wildman–Crippen LogP) is 3.94. The molecule has 122 valence electrons. The lowest BCUT2D eigenvalue weighted by atomic mass is 10.1. The van der Waals surface area contributed by atoms with Crippen LogP contribution in [-0.4, -0.2) is 26.0 Å². The Morgan fingerprint density at radius 1 is 1.25 bits per heavy atom. The van der Waals surface area contributed by atoms with Crippen molar-refractivity contribution in [3.05, 3.63) is 64.2 Å². The summed E-state index contributed by atoms with van der Waals surface area (Å²) in [5, 5.41) is 11.6. The van der Waals surface area contributed by atoms with Crippen molar-refractivity contribution in [3.8, 4) is 0 Å². The molecule has 0 unspecified atom stereocenters. The summed E-state index contributed by atoms with van der Waals surface area (Å²) in [6.07, 6.45) is 0. The Morgan fingerprint density at radius 2 is 2.04 bits per heavy atom. The number of nitro groups is 1. The maximum absolute atomic E-state index is 12.3. The molecule has 2 aromatic carbocycles. The Labute approximate surface area is 142 Å². The molecule has 3 aromatic rings. The largest absolute Gasteiger partial charge is 0.319 e. The van der Waals surface area contributed by atoms with Gasteiger partial charge in [0.1, 0.15) is 0 Å². The van der Waals surface area contributed by atoms with Crippen LogP contribution in [0.25, 0.3) is 11.0 Å². The molecule has 0 aliphatic rings. The van der Waals surface area contributed by atoms with Gasteiger partial charge in [-0.25, -0.2) is 4.98 Å². The van der Waals surface area contributed by atoms with Gasteiger partial charge in [0.05, 0.1) is 21.7 Å². The first-order valence-corrected chi connectivity index (χ1v) is 8.44. The maximum atomic E-state index is 12.3. The molecule has 0 amide bonds. The van der Waals surface area contributed by atoms with Crippen molar-refractivity contribution >= 4 is 34.3 Å². The average Bonchev–Trinajstić information content (AvgIpc) is 2.97.